The second-order valence-electron chi connectivity index (χ2n) is 1.68. The highest BCUT2D eigenvalue weighted by Gasteiger charge is 2.50. The fourth-order valence-corrected chi connectivity index (χ4v) is 0.0634. The van der Waals surface area contributed by atoms with E-state index in [1.165, 1.54) is 0 Å². The van der Waals surface area contributed by atoms with Gasteiger partial charge in [0.15, 0.2) is 0 Å². The zero-order chi connectivity index (χ0) is 7.71. The molecule has 0 heterocycles. The fraction of sp³-hybridized carbons (Fsp3) is 0.750. The first kappa shape index (κ1) is 8.24. The summed E-state index contributed by atoms with van der Waals surface area (Å²) in [6, 6.07) is 0.712. The standard InChI is InChI=1S/C4H4F3NO/c1-3(9,2-8)4(5,6)7/h9H,1H3/t3-/m1/s1. The minimum absolute atomic E-state index is 0.396. The van der Waals surface area contributed by atoms with Crippen LogP contribution in [0.2, 0.25) is 0 Å². The quantitative estimate of drug-likeness (QED) is 0.505. The molecule has 0 amide bonds. The summed E-state index contributed by atoms with van der Waals surface area (Å²) in [7, 11) is 0. The van der Waals surface area contributed by atoms with Gasteiger partial charge in [0.2, 0.25) is 5.60 Å². The molecule has 52 valence electrons. The van der Waals surface area contributed by atoms with Crippen LogP contribution < -0.4 is 0 Å². The first-order valence-corrected chi connectivity index (χ1v) is 2.01. The van der Waals surface area contributed by atoms with Crippen LogP contribution in [0.4, 0.5) is 13.2 Å². The Hall–Kier alpha value is -0.760. The van der Waals surface area contributed by atoms with Crippen molar-refractivity contribution in [1.82, 2.24) is 0 Å². The van der Waals surface area contributed by atoms with Crippen LogP contribution in [-0.4, -0.2) is 16.9 Å². The minimum Gasteiger partial charge on any atom is -0.368 e. The molecule has 0 aliphatic carbocycles. The van der Waals surface area contributed by atoms with Crippen LogP contribution >= 0.6 is 0 Å². The van der Waals surface area contributed by atoms with E-state index in [-0.39, 0.29) is 0 Å². The van der Waals surface area contributed by atoms with E-state index in [1.54, 1.807) is 0 Å². The summed E-state index contributed by atoms with van der Waals surface area (Å²) in [6.45, 7) is 0.396. The summed E-state index contributed by atoms with van der Waals surface area (Å²) in [5, 5.41) is 15.9. The van der Waals surface area contributed by atoms with Gasteiger partial charge in [-0.15, -0.1) is 0 Å². The van der Waals surface area contributed by atoms with E-state index in [1.807, 2.05) is 0 Å². The van der Waals surface area contributed by atoms with Crippen molar-refractivity contribution in [3.05, 3.63) is 0 Å². The summed E-state index contributed by atoms with van der Waals surface area (Å²) < 4.78 is 34.1. The van der Waals surface area contributed by atoms with Crippen LogP contribution in [0.25, 0.3) is 0 Å². The number of rotatable bonds is 0. The molecule has 1 atom stereocenters. The molecule has 0 radical (unpaired) electrons. The number of hydrogen-bond donors (Lipinski definition) is 1. The van der Waals surface area contributed by atoms with Gasteiger partial charge in [-0.1, -0.05) is 0 Å². The Morgan fingerprint density at radius 2 is 1.78 bits per heavy atom. The van der Waals surface area contributed by atoms with Crippen LogP contribution in [0.5, 0.6) is 0 Å². The van der Waals surface area contributed by atoms with E-state index in [2.05, 4.69) is 0 Å². The molecular formula is C4H4F3NO. The van der Waals surface area contributed by atoms with Crippen LogP contribution in [0.1, 0.15) is 6.92 Å². The minimum atomic E-state index is -4.86. The highest BCUT2D eigenvalue weighted by Crippen LogP contribution is 2.28. The third kappa shape index (κ3) is 1.57. The number of nitrogens with zero attached hydrogens (tertiary/aromatic N) is 1. The van der Waals surface area contributed by atoms with Gasteiger partial charge in [-0.3, -0.25) is 0 Å². The Labute approximate surface area is 49.5 Å². The molecule has 0 saturated carbocycles. The van der Waals surface area contributed by atoms with Gasteiger partial charge in [-0.25, -0.2) is 0 Å². The molecule has 0 saturated heterocycles. The lowest BCUT2D eigenvalue weighted by molar-refractivity contribution is -0.229. The third-order valence-electron chi connectivity index (χ3n) is 0.770. The Balaban J connectivity index is 4.39. The Morgan fingerprint density at radius 3 is 1.78 bits per heavy atom. The molecule has 0 spiro atoms. The zero-order valence-corrected chi connectivity index (χ0v) is 4.53. The fourth-order valence-electron chi connectivity index (χ4n) is 0.0634. The van der Waals surface area contributed by atoms with E-state index in [4.69, 9.17) is 10.4 Å². The number of hydrogen-bond acceptors (Lipinski definition) is 2. The maximum Gasteiger partial charge on any atom is 0.430 e. The van der Waals surface area contributed by atoms with Crippen LogP contribution in [0.3, 0.4) is 0 Å². The van der Waals surface area contributed by atoms with Gasteiger partial charge in [0.1, 0.15) is 6.07 Å². The van der Waals surface area contributed by atoms with Crippen molar-refractivity contribution >= 4 is 0 Å². The van der Waals surface area contributed by atoms with E-state index in [0.717, 1.165) is 0 Å². The molecule has 9 heavy (non-hydrogen) atoms. The van der Waals surface area contributed by atoms with Gasteiger partial charge in [0, 0.05) is 0 Å². The zero-order valence-electron chi connectivity index (χ0n) is 4.53. The lowest BCUT2D eigenvalue weighted by Gasteiger charge is -2.16. The van der Waals surface area contributed by atoms with Crippen molar-refractivity contribution in [3.63, 3.8) is 0 Å². The van der Waals surface area contributed by atoms with Crippen molar-refractivity contribution < 1.29 is 18.3 Å². The summed E-state index contributed by atoms with van der Waals surface area (Å²) in [5.41, 5.74) is -3.22. The van der Waals surface area contributed by atoms with E-state index in [9.17, 15) is 13.2 Å². The number of alkyl halides is 3. The SMILES string of the molecule is C[C@@](O)(C#N)C(F)(F)F. The van der Waals surface area contributed by atoms with Crippen molar-refractivity contribution in [2.45, 2.75) is 18.7 Å². The molecule has 0 aromatic carbocycles. The van der Waals surface area contributed by atoms with Gasteiger partial charge in [0.05, 0.1) is 0 Å². The normalized spacial score (nSPS) is 18.2. The maximum atomic E-state index is 11.4. The van der Waals surface area contributed by atoms with Crippen molar-refractivity contribution in [1.29, 1.82) is 5.26 Å². The van der Waals surface area contributed by atoms with E-state index in [0.29, 0.717) is 13.0 Å². The molecule has 0 fully saturated rings. The van der Waals surface area contributed by atoms with E-state index >= 15 is 0 Å². The Bertz CT molecular complexity index is 143. The number of aliphatic hydroxyl groups is 1. The first-order valence-electron chi connectivity index (χ1n) is 2.01. The van der Waals surface area contributed by atoms with Crippen LogP contribution in [0.15, 0.2) is 0 Å². The summed E-state index contributed by atoms with van der Waals surface area (Å²) in [6.07, 6.45) is -4.86. The van der Waals surface area contributed by atoms with Gasteiger partial charge in [-0.2, -0.15) is 18.4 Å². The largest absolute Gasteiger partial charge is 0.430 e. The first-order chi connectivity index (χ1) is 3.81. The predicted molar refractivity (Wildman–Crippen MR) is 22.3 cm³/mol. The van der Waals surface area contributed by atoms with Crippen molar-refractivity contribution in [2.75, 3.05) is 0 Å². The van der Waals surface area contributed by atoms with Crippen molar-refractivity contribution in [2.24, 2.45) is 0 Å². The molecule has 0 unspecified atom stereocenters. The molecule has 1 N–H and O–H groups in total. The molecular weight excluding hydrogens is 135 g/mol. The molecule has 0 aromatic heterocycles. The molecule has 0 rings (SSSR count). The summed E-state index contributed by atoms with van der Waals surface area (Å²) in [5.74, 6) is 0. The smallest absolute Gasteiger partial charge is 0.368 e. The van der Waals surface area contributed by atoms with Gasteiger partial charge in [0.25, 0.3) is 0 Å². The Morgan fingerprint density at radius 1 is 1.44 bits per heavy atom. The lowest BCUT2D eigenvalue weighted by Crippen LogP contribution is -2.40. The van der Waals surface area contributed by atoms with Crippen molar-refractivity contribution in [3.8, 4) is 6.07 Å². The van der Waals surface area contributed by atoms with Crippen LogP contribution in [0, 0.1) is 11.3 Å². The van der Waals surface area contributed by atoms with Gasteiger partial charge in [-0.05, 0) is 6.92 Å². The molecule has 0 bridgehead atoms. The highest BCUT2D eigenvalue weighted by molar-refractivity contribution is 5.01. The number of halogens is 3. The Kier molecular flexibility index (Phi) is 1.72. The average molecular weight is 139 g/mol. The third-order valence-corrected chi connectivity index (χ3v) is 0.770. The predicted octanol–water partition coefficient (Wildman–Crippen LogP) is 0.823. The summed E-state index contributed by atoms with van der Waals surface area (Å²) >= 11 is 0. The molecule has 5 heteroatoms. The number of nitriles is 1. The molecule has 0 aliphatic rings. The van der Waals surface area contributed by atoms with E-state index < -0.39 is 11.8 Å². The topological polar surface area (TPSA) is 44.0 Å². The molecule has 0 aromatic rings. The maximum absolute atomic E-state index is 11.4. The second kappa shape index (κ2) is 1.88. The second-order valence-corrected chi connectivity index (χ2v) is 1.68. The van der Waals surface area contributed by atoms with Gasteiger partial charge < -0.3 is 5.11 Å². The summed E-state index contributed by atoms with van der Waals surface area (Å²) in [4.78, 5) is 0. The molecule has 2 nitrogen and oxygen atoms in total. The highest BCUT2D eigenvalue weighted by atomic mass is 19.4. The molecule has 0 aliphatic heterocycles. The van der Waals surface area contributed by atoms with Crippen LogP contribution in [-0.2, 0) is 0 Å². The average Bonchev–Trinajstić information content (AvgIpc) is 1.64. The monoisotopic (exact) mass is 139 g/mol. The van der Waals surface area contributed by atoms with Gasteiger partial charge >= 0.3 is 6.18 Å². The lowest BCUT2D eigenvalue weighted by atomic mass is 10.1.